The molecule has 0 spiro atoms. The lowest BCUT2D eigenvalue weighted by atomic mass is 10.1. The van der Waals surface area contributed by atoms with E-state index in [1.54, 1.807) is 58.9 Å². The third kappa shape index (κ3) is 6.43. The van der Waals surface area contributed by atoms with Gasteiger partial charge in [-0.1, -0.05) is 22.8 Å². The van der Waals surface area contributed by atoms with Crippen LogP contribution in [-0.2, 0) is 16.8 Å². The summed E-state index contributed by atoms with van der Waals surface area (Å²) in [4.78, 5) is 33.2. The predicted octanol–water partition coefficient (Wildman–Crippen LogP) is 3.44. The van der Waals surface area contributed by atoms with Crippen molar-refractivity contribution in [1.82, 2.24) is 25.3 Å². The van der Waals surface area contributed by atoms with Crippen molar-refractivity contribution in [2.24, 2.45) is 0 Å². The summed E-state index contributed by atoms with van der Waals surface area (Å²) in [7, 11) is 0. The zero-order chi connectivity index (χ0) is 23.5. The van der Waals surface area contributed by atoms with Gasteiger partial charge in [0.25, 0.3) is 5.91 Å². The first-order valence-corrected chi connectivity index (χ1v) is 10.9. The van der Waals surface area contributed by atoms with Gasteiger partial charge in [-0.15, -0.1) is 0 Å². The molecule has 174 valence electrons. The minimum absolute atomic E-state index is 0.0257. The summed E-state index contributed by atoms with van der Waals surface area (Å²) in [5.74, 6) is 0.795. The Balaban J connectivity index is 1.53. The zero-order valence-corrected chi connectivity index (χ0v) is 19.9. The highest BCUT2D eigenvalue weighted by Crippen LogP contribution is 2.19. The molecule has 0 unspecified atom stereocenters. The van der Waals surface area contributed by atoms with Crippen molar-refractivity contribution in [2.75, 3.05) is 26.2 Å². The zero-order valence-electron chi connectivity index (χ0n) is 19.1. The second-order valence-electron chi connectivity index (χ2n) is 9.34. The molecule has 9 nitrogen and oxygen atoms in total. The lowest BCUT2D eigenvalue weighted by molar-refractivity contribution is 0.0464. The molecule has 1 aliphatic rings. The molecule has 0 saturated carbocycles. The Morgan fingerprint density at radius 1 is 1.16 bits per heavy atom. The van der Waals surface area contributed by atoms with Crippen molar-refractivity contribution in [3.63, 3.8) is 0 Å². The number of nitrogens with zero attached hydrogens (tertiary/aromatic N) is 4. The normalized spacial score (nSPS) is 15.5. The van der Waals surface area contributed by atoms with E-state index in [4.69, 9.17) is 20.9 Å². The van der Waals surface area contributed by atoms with E-state index < -0.39 is 17.2 Å². The van der Waals surface area contributed by atoms with Crippen molar-refractivity contribution in [1.29, 1.82) is 0 Å². The van der Waals surface area contributed by atoms with Crippen LogP contribution in [0.25, 0.3) is 0 Å². The molecule has 1 fully saturated rings. The number of carbonyl (C=O) groups excluding carboxylic acids is 2. The first-order valence-electron chi connectivity index (χ1n) is 10.5. The second kappa shape index (κ2) is 9.46. The Bertz CT molecular complexity index is 961. The quantitative estimate of drug-likeness (QED) is 0.724. The smallest absolute Gasteiger partial charge is 0.408 e. The Morgan fingerprint density at radius 2 is 1.84 bits per heavy atom. The molecule has 1 saturated heterocycles. The van der Waals surface area contributed by atoms with E-state index in [9.17, 15) is 9.59 Å². The van der Waals surface area contributed by atoms with Crippen LogP contribution in [-0.4, -0.2) is 63.7 Å². The van der Waals surface area contributed by atoms with Crippen LogP contribution in [0.5, 0.6) is 0 Å². The molecule has 0 aliphatic carbocycles. The number of rotatable bonds is 5. The fourth-order valence-electron chi connectivity index (χ4n) is 3.29. The van der Waals surface area contributed by atoms with Crippen molar-refractivity contribution >= 4 is 23.6 Å². The topological polar surface area (TPSA) is 101 Å². The molecule has 1 N–H and O–H groups in total. The number of hydrogen-bond donors (Lipinski definition) is 1. The van der Waals surface area contributed by atoms with Crippen LogP contribution >= 0.6 is 11.6 Å². The van der Waals surface area contributed by atoms with Crippen LogP contribution in [0, 0.1) is 0 Å². The first-order chi connectivity index (χ1) is 14.9. The number of halogens is 1. The van der Waals surface area contributed by atoms with Crippen molar-refractivity contribution in [2.45, 2.75) is 52.3 Å². The van der Waals surface area contributed by atoms with Gasteiger partial charge in [-0.3, -0.25) is 9.69 Å². The molecule has 1 aromatic carbocycles. The van der Waals surface area contributed by atoms with E-state index in [-0.39, 0.29) is 5.91 Å². The van der Waals surface area contributed by atoms with Crippen molar-refractivity contribution < 1.29 is 18.8 Å². The van der Waals surface area contributed by atoms with Gasteiger partial charge in [0.1, 0.15) is 11.1 Å². The molecule has 32 heavy (non-hydrogen) atoms. The van der Waals surface area contributed by atoms with Crippen molar-refractivity contribution in [3.8, 4) is 0 Å². The fourth-order valence-corrected chi connectivity index (χ4v) is 3.48. The summed E-state index contributed by atoms with van der Waals surface area (Å²) in [6, 6.07) is 6.98. The Labute approximate surface area is 193 Å². The summed E-state index contributed by atoms with van der Waals surface area (Å²) in [5.41, 5.74) is -0.863. The molecular formula is C22H30ClN5O4. The molecule has 3 rings (SSSR count). The van der Waals surface area contributed by atoms with Gasteiger partial charge in [-0.2, -0.15) is 4.98 Å². The Kier molecular flexibility index (Phi) is 7.09. The maximum atomic E-state index is 12.7. The number of carbonyl (C=O) groups is 2. The Morgan fingerprint density at radius 3 is 2.47 bits per heavy atom. The second-order valence-corrected chi connectivity index (χ2v) is 9.78. The van der Waals surface area contributed by atoms with E-state index in [0.29, 0.717) is 55.0 Å². The van der Waals surface area contributed by atoms with E-state index >= 15 is 0 Å². The number of piperazine rings is 1. The summed E-state index contributed by atoms with van der Waals surface area (Å²) < 4.78 is 10.7. The lowest BCUT2D eigenvalue weighted by Crippen LogP contribution is -2.48. The van der Waals surface area contributed by atoms with Gasteiger partial charge < -0.3 is 19.5 Å². The van der Waals surface area contributed by atoms with Crippen LogP contribution in [0.2, 0.25) is 5.02 Å². The lowest BCUT2D eigenvalue weighted by Gasteiger charge is -2.34. The van der Waals surface area contributed by atoms with Gasteiger partial charge in [-0.25, -0.2) is 4.79 Å². The number of ether oxygens (including phenoxy) is 1. The van der Waals surface area contributed by atoms with Crippen LogP contribution < -0.4 is 5.32 Å². The highest BCUT2D eigenvalue weighted by Gasteiger charge is 2.31. The molecule has 1 aromatic heterocycles. The number of alkyl carbamates (subject to hydrolysis) is 1. The molecule has 0 atom stereocenters. The van der Waals surface area contributed by atoms with Gasteiger partial charge in [0.15, 0.2) is 5.82 Å². The fraction of sp³-hybridized carbons (Fsp3) is 0.545. The van der Waals surface area contributed by atoms with E-state index in [1.807, 2.05) is 4.90 Å². The summed E-state index contributed by atoms with van der Waals surface area (Å²) in [6.07, 6.45) is -0.547. The highest BCUT2D eigenvalue weighted by molar-refractivity contribution is 6.30. The maximum Gasteiger partial charge on any atom is 0.408 e. The number of nitrogens with one attached hydrogen (secondary N) is 1. The minimum Gasteiger partial charge on any atom is -0.444 e. The molecule has 2 heterocycles. The van der Waals surface area contributed by atoms with Crippen LogP contribution in [0.1, 0.15) is 56.7 Å². The molecular weight excluding hydrogens is 434 g/mol. The third-order valence-electron chi connectivity index (χ3n) is 4.93. The molecule has 0 bridgehead atoms. The van der Waals surface area contributed by atoms with Crippen LogP contribution in [0.15, 0.2) is 28.8 Å². The maximum absolute atomic E-state index is 12.7. The summed E-state index contributed by atoms with van der Waals surface area (Å²) in [6.45, 7) is 12.0. The molecule has 10 heteroatoms. The first kappa shape index (κ1) is 24.0. The largest absolute Gasteiger partial charge is 0.444 e. The minimum atomic E-state index is -0.855. The monoisotopic (exact) mass is 463 g/mol. The van der Waals surface area contributed by atoms with Gasteiger partial charge in [0.05, 0.1) is 6.54 Å². The van der Waals surface area contributed by atoms with E-state index in [2.05, 4.69) is 20.4 Å². The molecule has 1 aliphatic heterocycles. The SMILES string of the molecule is CC(C)(C)OC(=O)NC(C)(C)c1noc(CN2CCN(C(=O)c3cccc(Cl)c3)CC2)n1. The number of benzene rings is 1. The standard InChI is InChI=1S/C22H30ClN5O4/c1-21(2,3)31-20(30)25-22(4,5)19-24-17(32-26-19)14-27-9-11-28(12-10-27)18(29)15-7-6-8-16(23)13-15/h6-8,13H,9-12,14H2,1-5H3,(H,25,30). The van der Waals surface area contributed by atoms with Crippen LogP contribution in [0.4, 0.5) is 4.79 Å². The summed E-state index contributed by atoms with van der Waals surface area (Å²) >= 11 is 6.00. The van der Waals surface area contributed by atoms with E-state index in [1.165, 1.54) is 0 Å². The van der Waals surface area contributed by atoms with Gasteiger partial charge in [-0.05, 0) is 52.8 Å². The predicted molar refractivity (Wildman–Crippen MR) is 119 cm³/mol. The average Bonchev–Trinajstić information content (AvgIpc) is 3.15. The van der Waals surface area contributed by atoms with Gasteiger partial charge in [0.2, 0.25) is 5.89 Å². The van der Waals surface area contributed by atoms with Gasteiger partial charge in [0, 0.05) is 36.8 Å². The number of hydrogen-bond acceptors (Lipinski definition) is 7. The highest BCUT2D eigenvalue weighted by atomic mass is 35.5. The van der Waals surface area contributed by atoms with Crippen molar-refractivity contribution in [3.05, 3.63) is 46.6 Å². The number of amides is 2. The average molecular weight is 464 g/mol. The Hall–Kier alpha value is -2.65. The number of aromatic nitrogens is 2. The molecule has 0 radical (unpaired) electrons. The van der Waals surface area contributed by atoms with E-state index in [0.717, 1.165) is 0 Å². The van der Waals surface area contributed by atoms with Crippen LogP contribution in [0.3, 0.4) is 0 Å². The molecule has 2 amide bonds. The van der Waals surface area contributed by atoms with Gasteiger partial charge >= 0.3 is 6.09 Å². The summed E-state index contributed by atoms with van der Waals surface area (Å²) in [5, 5.41) is 7.35. The third-order valence-corrected chi connectivity index (χ3v) is 5.17. The molecule has 2 aromatic rings.